The van der Waals surface area contributed by atoms with Gasteiger partial charge in [0.15, 0.2) is 0 Å². The predicted molar refractivity (Wildman–Crippen MR) is 180 cm³/mol. The number of likely N-dealkylation sites (tertiary alicyclic amines) is 2. The Morgan fingerprint density at radius 3 is 1.59 bits per heavy atom. The molecule has 0 bridgehead atoms. The average molecular weight is 786 g/mol. The van der Waals surface area contributed by atoms with Crippen molar-refractivity contribution < 1.29 is 28.5 Å². The maximum Gasteiger partial charge on any atom is 0.410 e. The van der Waals surface area contributed by atoms with E-state index in [2.05, 4.69) is 46.8 Å². The summed E-state index contributed by atoms with van der Waals surface area (Å²) in [5.41, 5.74) is -0.928. The van der Waals surface area contributed by atoms with Gasteiger partial charge in [0.25, 0.3) is 0 Å². The Labute approximate surface area is 276 Å². The van der Waals surface area contributed by atoms with Crippen LogP contribution < -0.4 is 13.1 Å². The maximum atomic E-state index is 12.1. The van der Waals surface area contributed by atoms with Crippen molar-refractivity contribution in [2.24, 2.45) is 0 Å². The summed E-state index contributed by atoms with van der Waals surface area (Å²) in [6.45, 7) is 13.6. The third-order valence-corrected chi connectivity index (χ3v) is 12.8. The molecule has 0 aliphatic carbocycles. The molecular formula is C32H51BrN4O6Sn. The van der Waals surface area contributed by atoms with Gasteiger partial charge >= 0.3 is 149 Å². The zero-order valence-electron chi connectivity index (χ0n) is 27.0. The van der Waals surface area contributed by atoms with Crippen LogP contribution in [0, 0.1) is 0 Å². The first-order valence-electron chi connectivity index (χ1n) is 14.7. The number of hydrogen-bond acceptors (Lipinski definition) is 8. The molecule has 2 fully saturated rings. The molecule has 0 unspecified atom stereocenters. The second kappa shape index (κ2) is 15.8. The van der Waals surface area contributed by atoms with Crippen molar-refractivity contribution in [3.05, 3.63) is 41.4 Å². The van der Waals surface area contributed by atoms with Gasteiger partial charge in [-0.2, -0.15) is 0 Å². The summed E-state index contributed by atoms with van der Waals surface area (Å²) in [5.74, 6) is 1.49. The average Bonchev–Trinajstić information content (AvgIpc) is 2.80. The van der Waals surface area contributed by atoms with E-state index in [0.29, 0.717) is 19.0 Å². The van der Waals surface area contributed by atoms with E-state index in [1.807, 2.05) is 53.8 Å². The van der Waals surface area contributed by atoms with Gasteiger partial charge in [-0.15, -0.1) is 0 Å². The van der Waals surface area contributed by atoms with Crippen LogP contribution in [0.1, 0.15) is 61.8 Å². The van der Waals surface area contributed by atoms with Gasteiger partial charge in [0, 0.05) is 17.2 Å². The van der Waals surface area contributed by atoms with Gasteiger partial charge in [0.1, 0.15) is 18.0 Å². The second-order valence-corrected chi connectivity index (χ2v) is 29.3. The summed E-state index contributed by atoms with van der Waals surface area (Å²) in [6.07, 6.45) is 8.41. The Morgan fingerprint density at radius 2 is 1.23 bits per heavy atom. The fourth-order valence-corrected chi connectivity index (χ4v) is 7.42. The Kier molecular flexibility index (Phi) is 13.6. The molecule has 0 N–H and O–H groups in total. The van der Waals surface area contributed by atoms with Crippen LogP contribution in [-0.2, 0) is 9.47 Å². The largest absolute Gasteiger partial charge is 0.490 e. The smallest absolute Gasteiger partial charge is 0.410 e. The number of nitrogens with zero attached hydrogens (tertiary/aromatic N) is 4. The number of halogens is 1. The molecule has 2 aromatic heterocycles. The second-order valence-electron chi connectivity index (χ2n) is 13.9. The molecule has 0 radical (unpaired) electrons. The SMILES string of the molecule is C.CC(C)(C)OC(=O)N1CC[C@H]1COc1cnc[c]([Sn]([CH3])([CH3])[CH3])c1.CC(C)(C)OC(=O)N1CC[C@H]1COc1cncc(Br)c1. The van der Waals surface area contributed by atoms with Crippen molar-refractivity contribution in [1.29, 1.82) is 0 Å². The van der Waals surface area contributed by atoms with Crippen molar-refractivity contribution in [2.45, 2.75) is 99.9 Å². The molecule has 0 aromatic carbocycles. The van der Waals surface area contributed by atoms with E-state index in [4.69, 9.17) is 18.9 Å². The fourth-order valence-electron chi connectivity index (χ4n) is 4.11. The van der Waals surface area contributed by atoms with E-state index in [9.17, 15) is 9.59 Å². The van der Waals surface area contributed by atoms with E-state index >= 15 is 0 Å². The van der Waals surface area contributed by atoms with E-state index in [0.717, 1.165) is 36.2 Å². The molecule has 2 saturated heterocycles. The van der Waals surface area contributed by atoms with Crippen LogP contribution in [-0.4, -0.2) is 99.9 Å². The van der Waals surface area contributed by atoms with Gasteiger partial charge in [0.05, 0.1) is 12.2 Å². The first kappa shape index (κ1) is 37.9. The standard InChI is InChI=1S/C14H19BrN2O3.C14H19N2O3.CH4.3CH3.Sn/c1-14(2,3)20-13(18)17-5-4-11(17)9-19-12-6-10(15)7-16-8-12;1-14(2,3)19-13(17)16-8-6-11(16)10-18-12-5-4-7-15-9-12;;;;;/h6-8,11H,4-5,9H2,1-3H3;5,7,9,11H,6,8,10H2,1-3H3;1H4;3*1H3;/t2*11-;;;;;/m00...../s1. The third-order valence-electron chi connectivity index (χ3n) is 6.69. The fraction of sp³-hybridized carbons (Fsp3) is 0.625. The van der Waals surface area contributed by atoms with E-state index < -0.39 is 29.6 Å². The van der Waals surface area contributed by atoms with Crippen LogP contribution in [0.3, 0.4) is 0 Å². The van der Waals surface area contributed by atoms with Crippen molar-refractivity contribution in [2.75, 3.05) is 26.3 Å². The van der Waals surface area contributed by atoms with Gasteiger partial charge < -0.3 is 14.4 Å². The van der Waals surface area contributed by atoms with Crippen LogP contribution in [0.4, 0.5) is 9.59 Å². The van der Waals surface area contributed by atoms with E-state index in [1.165, 1.54) is 3.58 Å². The summed E-state index contributed by atoms with van der Waals surface area (Å²) >= 11 is 1.21. The van der Waals surface area contributed by atoms with Crippen LogP contribution in [0.25, 0.3) is 0 Å². The minimum atomic E-state index is -2.13. The molecule has 2 amide bonds. The zero-order chi connectivity index (χ0) is 32.0. The van der Waals surface area contributed by atoms with Crippen molar-refractivity contribution in [3.63, 3.8) is 0 Å². The number of carbonyl (C=O) groups is 2. The molecule has 246 valence electrons. The Morgan fingerprint density at radius 1 is 0.795 bits per heavy atom. The van der Waals surface area contributed by atoms with Crippen molar-refractivity contribution >= 4 is 50.1 Å². The molecule has 0 spiro atoms. The molecule has 10 nitrogen and oxygen atoms in total. The minimum Gasteiger partial charge on any atom is -0.490 e. The summed E-state index contributed by atoms with van der Waals surface area (Å²) in [7, 11) is 0. The van der Waals surface area contributed by atoms with Gasteiger partial charge in [0.2, 0.25) is 0 Å². The molecule has 4 heterocycles. The number of rotatable bonds is 7. The Bertz CT molecular complexity index is 1240. The number of amides is 2. The number of aromatic nitrogens is 2. The first-order valence-corrected chi connectivity index (χ1v) is 25.5. The maximum absolute atomic E-state index is 12.1. The van der Waals surface area contributed by atoms with Gasteiger partial charge in [-0.05, 0) is 49.2 Å². The zero-order valence-corrected chi connectivity index (χ0v) is 31.4. The van der Waals surface area contributed by atoms with Crippen molar-refractivity contribution in [1.82, 2.24) is 19.8 Å². The normalized spacial score (nSPS) is 18.0. The predicted octanol–water partition coefficient (Wildman–Crippen LogP) is 6.88. The molecule has 44 heavy (non-hydrogen) atoms. The Balaban J connectivity index is 0.000000303. The van der Waals surface area contributed by atoms with Crippen LogP contribution in [0.5, 0.6) is 11.5 Å². The van der Waals surface area contributed by atoms with E-state index in [1.54, 1.807) is 28.4 Å². The molecule has 2 aliphatic heterocycles. The topological polar surface area (TPSA) is 103 Å². The molecule has 2 aromatic rings. The number of hydrogen-bond donors (Lipinski definition) is 0. The summed E-state index contributed by atoms with van der Waals surface area (Å²) in [6, 6.07) is 4.12. The molecule has 2 aliphatic rings. The minimum absolute atomic E-state index is 0. The molecule has 2 atom stereocenters. The quantitative estimate of drug-likeness (QED) is 0.280. The van der Waals surface area contributed by atoms with Crippen LogP contribution in [0.2, 0.25) is 14.8 Å². The monoisotopic (exact) mass is 786 g/mol. The number of ether oxygens (including phenoxy) is 4. The van der Waals surface area contributed by atoms with Gasteiger partial charge in [-0.1, -0.05) is 7.43 Å². The Hall–Kier alpha value is -2.28. The number of carbonyl (C=O) groups excluding carboxylic acids is 2. The number of pyridine rings is 2. The van der Waals surface area contributed by atoms with Crippen LogP contribution >= 0.6 is 15.9 Å². The molecule has 12 heteroatoms. The van der Waals surface area contributed by atoms with Gasteiger partial charge in [-0.3, -0.25) is 4.98 Å². The molecule has 4 rings (SSSR count). The van der Waals surface area contributed by atoms with E-state index in [-0.39, 0.29) is 31.7 Å². The van der Waals surface area contributed by atoms with Gasteiger partial charge in [-0.25, -0.2) is 4.79 Å². The summed E-state index contributed by atoms with van der Waals surface area (Å²) in [5, 5.41) is 0. The molecular weight excluding hydrogens is 735 g/mol. The van der Waals surface area contributed by atoms with Crippen LogP contribution in [0.15, 0.2) is 41.4 Å². The first-order chi connectivity index (χ1) is 19.9. The molecule has 0 saturated carbocycles. The third kappa shape index (κ3) is 12.3. The van der Waals surface area contributed by atoms with Crippen molar-refractivity contribution in [3.8, 4) is 11.5 Å². The summed E-state index contributed by atoms with van der Waals surface area (Å²) < 4.78 is 24.5. The summed E-state index contributed by atoms with van der Waals surface area (Å²) in [4.78, 5) is 42.9.